The highest BCUT2D eigenvalue weighted by Gasteiger charge is 2.18. The number of nitrogens with zero attached hydrogens (tertiary/aromatic N) is 2. The first-order chi connectivity index (χ1) is 10.1. The Bertz CT molecular complexity index is 884. The maximum atomic E-state index is 12.6. The molecule has 1 unspecified atom stereocenters. The van der Waals surface area contributed by atoms with E-state index in [1.165, 1.54) is 16.0 Å². The van der Waals surface area contributed by atoms with E-state index in [-0.39, 0.29) is 5.56 Å². The van der Waals surface area contributed by atoms with Crippen molar-refractivity contribution in [1.29, 1.82) is 0 Å². The predicted molar refractivity (Wildman–Crippen MR) is 86.6 cm³/mol. The van der Waals surface area contributed by atoms with E-state index >= 15 is 0 Å². The first-order valence-electron chi connectivity index (χ1n) is 6.37. The molecule has 0 saturated carbocycles. The van der Waals surface area contributed by atoms with Crippen LogP contribution in [0.2, 0.25) is 0 Å². The number of hydrogen-bond donors (Lipinski definition) is 1. The van der Waals surface area contributed by atoms with Crippen molar-refractivity contribution in [2.24, 2.45) is 0 Å². The van der Waals surface area contributed by atoms with Gasteiger partial charge in [0.1, 0.15) is 0 Å². The molecule has 0 amide bonds. The van der Waals surface area contributed by atoms with Crippen molar-refractivity contribution in [3.05, 3.63) is 46.1 Å². The molecule has 5 nitrogen and oxygen atoms in total. The fraction of sp³-hybridized carbons (Fsp3) is 0.143. The van der Waals surface area contributed by atoms with E-state index in [1.54, 1.807) is 17.5 Å². The van der Waals surface area contributed by atoms with Crippen LogP contribution in [0.15, 0.2) is 45.5 Å². The molecule has 1 atom stereocenters. The van der Waals surface area contributed by atoms with Crippen molar-refractivity contribution in [3.63, 3.8) is 0 Å². The number of nitrogens with two attached hydrogens (primary N) is 1. The molecule has 7 heteroatoms. The smallest absolute Gasteiger partial charge is 0.282 e. The van der Waals surface area contributed by atoms with Gasteiger partial charge in [0.05, 0.1) is 26.9 Å². The standard InChI is InChI=1S/C14H13N3O2S2/c1-2-21(19)13-10-8-20-12(15)11(10)14(18)17(16-13)9-6-4-3-5-7-9/h3-8H,2,15H2,1H3. The second kappa shape index (κ2) is 5.42. The summed E-state index contributed by atoms with van der Waals surface area (Å²) in [5.41, 5.74) is 6.26. The van der Waals surface area contributed by atoms with E-state index in [0.717, 1.165) is 0 Å². The summed E-state index contributed by atoms with van der Waals surface area (Å²) < 4.78 is 13.5. The summed E-state index contributed by atoms with van der Waals surface area (Å²) in [6.45, 7) is 1.82. The summed E-state index contributed by atoms with van der Waals surface area (Å²) in [6.07, 6.45) is 0. The average Bonchev–Trinajstić information content (AvgIpc) is 2.90. The third-order valence-electron chi connectivity index (χ3n) is 3.13. The quantitative estimate of drug-likeness (QED) is 0.802. The molecule has 0 fully saturated rings. The molecule has 0 aliphatic rings. The molecular formula is C14H13N3O2S2. The zero-order valence-electron chi connectivity index (χ0n) is 11.3. The normalized spacial score (nSPS) is 12.6. The lowest BCUT2D eigenvalue weighted by atomic mass is 10.3. The molecule has 3 aromatic rings. The molecule has 0 spiro atoms. The molecule has 0 radical (unpaired) electrons. The molecule has 2 aromatic heterocycles. The number of para-hydroxylation sites is 1. The highest BCUT2D eigenvalue weighted by molar-refractivity contribution is 7.85. The van der Waals surface area contributed by atoms with Crippen molar-refractivity contribution in [1.82, 2.24) is 9.78 Å². The van der Waals surface area contributed by atoms with Gasteiger partial charge < -0.3 is 5.73 Å². The van der Waals surface area contributed by atoms with Crippen LogP contribution in [0.1, 0.15) is 6.92 Å². The van der Waals surface area contributed by atoms with Gasteiger partial charge in [-0.05, 0) is 12.1 Å². The zero-order chi connectivity index (χ0) is 15.0. The lowest BCUT2D eigenvalue weighted by Crippen LogP contribution is -2.23. The highest BCUT2D eigenvalue weighted by Crippen LogP contribution is 2.28. The number of fused-ring (bicyclic) bond motifs is 1. The number of aromatic nitrogens is 2. The number of hydrogen-bond acceptors (Lipinski definition) is 5. The van der Waals surface area contributed by atoms with Gasteiger partial charge in [-0.3, -0.25) is 9.00 Å². The van der Waals surface area contributed by atoms with Crippen LogP contribution >= 0.6 is 11.3 Å². The van der Waals surface area contributed by atoms with E-state index in [1.807, 2.05) is 25.1 Å². The van der Waals surface area contributed by atoms with Crippen LogP contribution in [0.25, 0.3) is 16.5 Å². The molecule has 0 aliphatic carbocycles. The molecule has 2 N–H and O–H groups in total. The Balaban J connectivity index is 2.41. The maximum absolute atomic E-state index is 12.6. The van der Waals surface area contributed by atoms with Gasteiger partial charge in [-0.1, -0.05) is 25.1 Å². The third-order valence-corrected chi connectivity index (χ3v) is 5.19. The summed E-state index contributed by atoms with van der Waals surface area (Å²) in [4.78, 5) is 12.6. The van der Waals surface area contributed by atoms with Crippen molar-refractivity contribution >= 4 is 37.9 Å². The average molecular weight is 319 g/mol. The SMILES string of the molecule is CCS(=O)c1nn(-c2ccccc2)c(=O)c2c(N)scc12. The number of thiophene rings is 1. The first-order valence-corrected chi connectivity index (χ1v) is 8.57. The van der Waals surface area contributed by atoms with Gasteiger partial charge in [-0.2, -0.15) is 9.78 Å². The molecule has 1 aromatic carbocycles. The topological polar surface area (TPSA) is 78.0 Å². The van der Waals surface area contributed by atoms with Gasteiger partial charge in [-0.15, -0.1) is 11.3 Å². The molecule has 21 heavy (non-hydrogen) atoms. The lowest BCUT2D eigenvalue weighted by molar-refractivity contribution is 0.674. The van der Waals surface area contributed by atoms with E-state index in [0.29, 0.717) is 32.2 Å². The fourth-order valence-electron chi connectivity index (χ4n) is 2.10. The van der Waals surface area contributed by atoms with Crippen molar-refractivity contribution in [3.8, 4) is 5.69 Å². The molecule has 0 saturated heterocycles. The second-order valence-corrected chi connectivity index (χ2v) is 6.95. The van der Waals surface area contributed by atoms with Crippen LogP contribution in [0, 0.1) is 0 Å². The molecule has 3 rings (SSSR count). The predicted octanol–water partition coefficient (Wildman–Crippen LogP) is 2.16. The van der Waals surface area contributed by atoms with E-state index in [2.05, 4.69) is 5.10 Å². The second-order valence-electron chi connectivity index (χ2n) is 4.38. The summed E-state index contributed by atoms with van der Waals surface area (Å²) >= 11 is 1.27. The van der Waals surface area contributed by atoms with Gasteiger partial charge in [0, 0.05) is 16.5 Å². The van der Waals surface area contributed by atoms with Gasteiger partial charge in [0.2, 0.25) is 0 Å². The Morgan fingerprint density at radius 3 is 2.71 bits per heavy atom. The summed E-state index contributed by atoms with van der Waals surface area (Å²) in [5.74, 6) is 0.435. The van der Waals surface area contributed by atoms with Crippen molar-refractivity contribution in [2.45, 2.75) is 11.9 Å². The number of nitrogen functional groups attached to an aromatic ring is 1. The number of rotatable bonds is 3. The van der Waals surface area contributed by atoms with Crippen LogP contribution in [-0.2, 0) is 10.8 Å². The fourth-order valence-corrected chi connectivity index (χ4v) is 3.81. The molecular weight excluding hydrogens is 306 g/mol. The van der Waals surface area contributed by atoms with Crippen LogP contribution in [0.5, 0.6) is 0 Å². The summed E-state index contributed by atoms with van der Waals surface area (Å²) in [5, 5.41) is 7.88. The third kappa shape index (κ3) is 2.28. The molecule has 108 valence electrons. The molecule has 0 bridgehead atoms. The minimum Gasteiger partial charge on any atom is -0.390 e. The van der Waals surface area contributed by atoms with Crippen molar-refractivity contribution < 1.29 is 4.21 Å². The van der Waals surface area contributed by atoms with E-state index in [4.69, 9.17) is 5.73 Å². The van der Waals surface area contributed by atoms with Crippen LogP contribution in [0.3, 0.4) is 0 Å². The largest absolute Gasteiger partial charge is 0.390 e. The maximum Gasteiger partial charge on any atom is 0.282 e. The Kier molecular flexibility index (Phi) is 3.60. The van der Waals surface area contributed by atoms with Gasteiger partial charge >= 0.3 is 0 Å². The van der Waals surface area contributed by atoms with Crippen LogP contribution in [0.4, 0.5) is 5.00 Å². The zero-order valence-corrected chi connectivity index (χ0v) is 12.9. The Morgan fingerprint density at radius 1 is 1.33 bits per heavy atom. The minimum atomic E-state index is -1.26. The Labute approximate surface area is 127 Å². The van der Waals surface area contributed by atoms with Gasteiger partial charge in [0.15, 0.2) is 5.03 Å². The monoisotopic (exact) mass is 319 g/mol. The lowest BCUT2D eigenvalue weighted by Gasteiger charge is -2.08. The molecule has 2 heterocycles. The number of benzene rings is 1. The van der Waals surface area contributed by atoms with E-state index in [9.17, 15) is 9.00 Å². The Morgan fingerprint density at radius 2 is 2.05 bits per heavy atom. The van der Waals surface area contributed by atoms with Crippen LogP contribution in [-0.4, -0.2) is 19.7 Å². The van der Waals surface area contributed by atoms with Crippen LogP contribution < -0.4 is 11.3 Å². The van der Waals surface area contributed by atoms with Crippen molar-refractivity contribution in [2.75, 3.05) is 11.5 Å². The Hall–Kier alpha value is -1.99. The molecule has 0 aliphatic heterocycles. The van der Waals surface area contributed by atoms with Gasteiger partial charge in [0.25, 0.3) is 5.56 Å². The summed E-state index contributed by atoms with van der Waals surface area (Å²) in [6, 6.07) is 9.06. The highest BCUT2D eigenvalue weighted by atomic mass is 32.2. The first kappa shape index (κ1) is 14.0. The summed E-state index contributed by atoms with van der Waals surface area (Å²) in [7, 11) is -1.26. The van der Waals surface area contributed by atoms with E-state index < -0.39 is 10.8 Å². The number of anilines is 1. The minimum absolute atomic E-state index is 0.285. The van der Waals surface area contributed by atoms with Gasteiger partial charge in [-0.25, -0.2) is 0 Å².